The number of rotatable bonds is 7. The molecule has 0 fully saturated rings. The van der Waals surface area contributed by atoms with Crippen LogP contribution in [0.4, 0.5) is 0 Å². The molecule has 94 valence electrons. The summed E-state index contributed by atoms with van der Waals surface area (Å²) in [6.45, 7) is 10.1. The normalized spacial score (nSPS) is 13.3. The fourth-order valence-electron chi connectivity index (χ4n) is 1.23. The highest BCUT2D eigenvalue weighted by Crippen LogP contribution is 2.16. The molecular formula is C12H23NO3. The third-order valence-corrected chi connectivity index (χ3v) is 1.97. The third-order valence-electron chi connectivity index (χ3n) is 1.97. The first-order valence-electron chi connectivity index (χ1n) is 5.42. The molecule has 0 aliphatic heterocycles. The zero-order chi connectivity index (χ0) is 12.6. The summed E-state index contributed by atoms with van der Waals surface area (Å²) in [5.41, 5.74) is 0.542. The highest BCUT2D eigenvalue weighted by molar-refractivity contribution is 5.30. The Morgan fingerprint density at radius 2 is 1.94 bits per heavy atom. The maximum Gasteiger partial charge on any atom is 0.119 e. The van der Waals surface area contributed by atoms with Gasteiger partial charge < -0.3 is 14.6 Å². The average molecular weight is 229 g/mol. The lowest BCUT2D eigenvalue weighted by atomic mass is 10.2. The van der Waals surface area contributed by atoms with Gasteiger partial charge in [0.05, 0.1) is 25.0 Å². The molecule has 0 aromatic heterocycles. The monoisotopic (exact) mass is 229 g/mol. The second-order valence-electron chi connectivity index (χ2n) is 4.42. The molecule has 0 unspecified atom stereocenters. The number of hydrogen-bond donors (Lipinski definition) is 1. The summed E-state index contributed by atoms with van der Waals surface area (Å²) in [5, 5.41) is 8.86. The number of nitrogens with zero attached hydrogens (tertiary/aromatic N) is 1. The lowest BCUT2D eigenvalue weighted by molar-refractivity contribution is -0.00509. The molecular weight excluding hydrogens is 206 g/mol. The van der Waals surface area contributed by atoms with Crippen molar-refractivity contribution in [1.82, 2.24) is 0 Å². The summed E-state index contributed by atoms with van der Waals surface area (Å²) in [6.07, 6.45) is 1.10. The van der Waals surface area contributed by atoms with Gasteiger partial charge in [0, 0.05) is 19.4 Å². The summed E-state index contributed by atoms with van der Waals surface area (Å²) in [6, 6.07) is 0. The van der Waals surface area contributed by atoms with Gasteiger partial charge in [0.1, 0.15) is 5.76 Å². The van der Waals surface area contributed by atoms with Crippen molar-refractivity contribution in [2.24, 2.45) is 4.99 Å². The number of aliphatic hydroxyl groups excluding tert-OH is 1. The fraction of sp³-hybridized carbons (Fsp3) is 0.750. The molecule has 1 N–H and O–H groups in total. The molecule has 0 aromatic carbocycles. The number of methoxy groups -OCH3 is 1. The highest BCUT2D eigenvalue weighted by atomic mass is 16.5. The van der Waals surface area contributed by atoms with E-state index in [9.17, 15) is 0 Å². The lowest BCUT2D eigenvalue weighted by Crippen LogP contribution is -2.20. The van der Waals surface area contributed by atoms with Crippen LogP contribution in [0.1, 0.15) is 33.6 Å². The smallest absolute Gasteiger partial charge is 0.119 e. The molecule has 0 heterocycles. The Kier molecular flexibility index (Phi) is 7.01. The molecule has 0 saturated carbocycles. The second-order valence-corrected chi connectivity index (χ2v) is 4.42. The summed E-state index contributed by atoms with van der Waals surface area (Å²) in [5.74, 6) is 0.730. The number of aliphatic imine (C=N–C) groups is 1. The number of aliphatic hydroxyl groups is 1. The zero-order valence-corrected chi connectivity index (χ0v) is 10.7. The van der Waals surface area contributed by atoms with Gasteiger partial charge in [-0.2, -0.15) is 0 Å². The van der Waals surface area contributed by atoms with Crippen molar-refractivity contribution in [3.63, 3.8) is 0 Å². The van der Waals surface area contributed by atoms with Gasteiger partial charge in [-0.05, 0) is 27.5 Å². The molecule has 0 bridgehead atoms. The second kappa shape index (κ2) is 7.41. The Hall–Kier alpha value is -0.870. The van der Waals surface area contributed by atoms with Crippen LogP contribution in [0.3, 0.4) is 0 Å². The van der Waals surface area contributed by atoms with Crippen LogP contribution >= 0.6 is 0 Å². The van der Waals surface area contributed by atoms with Crippen molar-refractivity contribution in [3.05, 3.63) is 11.5 Å². The van der Waals surface area contributed by atoms with E-state index in [1.807, 2.05) is 20.8 Å². The molecule has 0 radical (unpaired) electrons. The van der Waals surface area contributed by atoms with E-state index in [2.05, 4.69) is 11.7 Å². The van der Waals surface area contributed by atoms with Crippen LogP contribution in [-0.4, -0.2) is 37.7 Å². The Bertz CT molecular complexity index is 241. The van der Waals surface area contributed by atoms with E-state index >= 15 is 0 Å². The summed E-state index contributed by atoms with van der Waals surface area (Å²) in [4.78, 5) is 3.85. The molecule has 4 heteroatoms. The van der Waals surface area contributed by atoms with Crippen molar-refractivity contribution in [2.75, 3.05) is 20.3 Å². The largest absolute Gasteiger partial charge is 0.499 e. The van der Waals surface area contributed by atoms with Crippen LogP contribution in [0.5, 0.6) is 0 Å². The standard InChI is InChI=1S/C12H23NO3/c1-12(2,3)16-9-7-11(15-5)10(13-4)6-8-14/h14H,4,6-9H2,1-3,5H3/b11-10+. The minimum absolute atomic E-state index is 0.0430. The fourth-order valence-corrected chi connectivity index (χ4v) is 1.23. The van der Waals surface area contributed by atoms with Crippen LogP contribution in [0.25, 0.3) is 0 Å². The average Bonchev–Trinajstić information content (AvgIpc) is 2.20. The maximum atomic E-state index is 8.86. The number of hydrogen-bond acceptors (Lipinski definition) is 4. The Morgan fingerprint density at radius 1 is 1.31 bits per heavy atom. The molecule has 0 rings (SSSR count). The van der Waals surface area contributed by atoms with Gasteiger partial charge in [-0.3, -0.25) is 4.99 Å². The minimum Gasteiger partial charge on any atom is -0.499 e. The first-order valence-corrected chi connectivity index (χ1v) is 5.42. The predicted octanol–water partition coefficient (Wildman–Crippen LogP) is 2.13. The van der Waals surface area contributed by atoms with Crippen molar-refractivity contribution in [2.45, 2.75) is 39.2 Å². The molecule has 0 aliphatic rings. The van der Waals surface area contributed by atoms with E-state index in [1.54, 1.807) is 7.11 Å². The van der Waals surface area contributed by atoms with Crippen LogP contribution in [0, 0.1) is 0 Å². The van der Waals surface area contributed by atoms with E-state index in [1.165, 1.54) is 0 Å². The van der Waals surface area contributed by atoms with Gasteiger partial charge in [0.2, 0.25) is 0 Å². The maximum absolute atomic E-state index is 8.86. The Labute approximate surface area is 98.0 Å². The number of ether oxygens (including phenoxy) is 2. The molecule has 16 heavy (non-hydrogen) atoms. The van der Waals surface area contributed by atoms with Crippen molar-refractivity contribution < 1.29 is 14.6 Å². The van der Waals surface area contributed by atoms with Gasteiger partial charge in [-0.25, -0.2) is 0 Å². The van der Waals surface area contributed by atoms with Crippen molar-refractivity contribution in [1.29, 1.82) is 0 Å². The van der Waals surface area contributed by atoms with Gasteiger partial charge >= 0.3 is 0 Å². The van der Waals surface area contributed by atoms with Gasteiger partial charge in [0.25, 0.3) is 0 Å². The van der Waals surface area contributed by atoms with Crippen LogP contribution < -0.4 is 0 Å². The molecule has 0 spiro atoms. The van der Waals surface area contributed by atoms with Gasteiger partial charge in [-0.15, -0.1) is 0 Å². The minimum atomic E-state index is -0.155. The summed E-state index contributed by atoms with van der Waals surface area (Å²) < 4.78 is 10.8. The molecule has 0 aliphatic carbocycles. The molecule has 0 saturated heterocycles. The quantitative estimate of drug-likeness (QED) is 0.537. The first kappa shape index (κ1) is 15.1. The predicted molar refractivity (Wildman–Crippen MR) is 65.6 cm³/mol. The van der Waals surface area contributed by atoms with Crippen LogP contribution in [0.2, 0.25) is 0 Å². The topological polar surface area (TPSA) is 51.1 Å². The SMILES string of the molecule is C=N/C(CCO)=C(\CCOC(C)(C)C)OC. The van der Waals surface area contributed by atoms with Gasteiger partial charge in [-0.1, -0.05) is 0 Å². The van der Waals surface area contributed by atoms with E-state index in [0.717, 1.165) is 5.76 Å². The van der Waals surface area contributed by atoms with Crippen LogP contribution in [-0.2, 0) is 9.47 Å². The highest BCUT2D eigenvalue weighted by Gasteiger charge is 2.11. The molecule has 4 nitrogen and oxygen atoms in total. The van der Waals surface area contributed by atoms with Crippen molar-refractivity contribution in [3.8, 4) is 0 Å². The van der Waals surface area contributed by atoms with E-state index in [-0.39, 0.29) is 12.2 Å². The molecule has 0 atom stereocenters. The summed E-state index contributed by atoms with van der Waals surface area (Å²) >= 11 is 0. The summed E-state index contributed by atoms with van der Waals surface area (Å²) in [7, 11) is 1.59. The Morgan fingerprint density at radius 3 is 2.31 bits per heavy atom. The van der Waals surface area contributed by atoms with E-state index < -0.39 is 0 Å². The van der Waals surface area contributed by atoms with Crippen molar-refractivity contribution >= 4 is 6.72 Å². The Balaban J connectivity index is 4.32. The van der Waals surface area contributed by atoms with E-state index in [4.69, 9.17) is 14.6 Å². The lowest BCUT2D eigenvalue weighted by Gasteiger charge is -2.20. The third kappa shape index (κ3) is 6.58. The molecule has 0 amide bonds. The molecule has 0 aromatic rings. The first-order chi connectivity index (χ1) is 7.44. The van der Waals surface area contributed by atoms with Crippen LogP contribution in [0.15, 0.2) is 16.4 Å². The zero-order valence-electron chi connectivity index (χ0n) is 10.7. The van der Waals surface area contributed by atoms with E-state index in [0.29, 0.717) is 25.1 Å². The van der Waals surface area contributed by atoms with Gasteiger partial charge in [0.15, 0.2) is 0 Å².